The number of hydrogen-bond donors (Lipinski definition) is 0. The van der Waals surface area contributed by atoms with Crippen LogP contribution in [0, 0.1) is 0 Å². The van der Waals surface area contributed by atoms with Gasteiger partial charge < -0.3 is 9.45 Å². The summed E-state index contributed by atoms with van der Waals surface area (Å²) in [4.78, 5) is 1.83. The summed E-state index contributed by atoms with van der Waals surface area (Å²) in [6.07, 6.45) is 1.82. The Bertz CT molecular complexity index is 456. The molecule has 1 aromatic rings. The van der Waals surface area contributed by atoms with Gasteiger partial charge in [0, 0.05) is 13.1 Å². The van der Waals surface area contributed by atoms with Crippen LogP contribution < -0.4 is 34.5 Å². The zero-order valence-electron chi connectivity index (χ0n) is 11.2. The van der Waals surface area contributed by atoms with Gasteiger partial charge in [-0.05, 0) is 25.0 Å². The zero-order valence-corrected chi connectivity index (χ0v) is 14.0. The van der Waals surface area contributed by atoms with Crippen molar-refractivity contribution < 1.29 is 42.5 Å². The molecule has 96 valence electrons. The fourth-order valence-electron chi connectivity index (χ4n) is 1.82. The van der Waals surface area contributed by atoms with Crippen LogP contribution >= 0.6 is 0 Å². The second kappa shape index (κ2) is 8.17. The molecule has 0 amide bonds. The van der Waals surface area contributed by atoms with Gasteiger partial charge in [-0.25, -0.2) is 8.42 Å². The SMILES string of the molecule is CCCN(CCC)c1ccccc1S(=O)(=O)[O-].[Na+]. The molecule has 0 bridgehead atoms. The van der Waals surface area contributed by atoms with Crippen LogP contribution in [-0.2, 0) is 10.1 Å². The first-order valence-corrected chi connectivity index (χ1v) is 7.21. The third-order valence-electron chi connectivity index (χ3n) is 2.46. The molecule has 0 saturated carbocycles. The summed E-state index contributed by atoms with van der Waals surface area (Å²) in [5, 5.41) is 0. The molecule has 0 spiro atoms. The molecular weight excluding hydrogens is 261 g/mol. The van der Waals surface area contributed by atoms with E-state index >= 15 is 0 Å². The van der Waals surface area contributed by atoms with E-state index in [2.05, 4.69) is 0 Å². The van der Waals surface area contributed by atoms with Crippen molar-refractivity contribution in [1.29, 1.82) is 0 Å². The number of nitrogens with zero attached hydrogens (tertiary/aromatic N) is 1. The van der Waals surface area contributed by atoms with Crippen LogP contribution in [0.2, 0.25) is 0 Å². The van der Waals surface area contributed by atoms with Gasteiger partial charge in [-0.3, -0.25) is 0 Å². The second-order valence-electron chi connectivity index (χ2n) is 3.91. The van der Waals surface area contributed by atoms with E-state index in [0.29, 0.717) is 5.69 Å². The first kappa shape index (κ1) is 17.9. The fraction of sp³-hybridized carbons (Fsp3) is 0.500. The number of para-hydroxylation sites is 1. The maximum Gasteiger partial charge on any atom is 1.00 e. The van der Waals surface area contributed by atoms with Crippen molar-refractivity contribution in [3.8, 4) is 0 Å². The average Bonchev–Trinajstić information content (AvgIpc) is 2.28. The molecule has 0 aliphatic carbocycles. The van der Waals surface area contributed by atoms with Crippen molar-refractivity contribution in [2.45, 2.75) is 31.6 Å². The average molecular weight is 279 g/mol. The van der Waals surface area contributed by atoms with Gasteiger partial charge in [0.05, 0.1) is 10.6 Å². The molecule has 1 aromatic carbocycles. The van der Waals surface area contributed by atoms with Gasteiger partial charge in [0.2, 0.25) is 0 Å². The summed E-state index contributed by atoms with van der Waals surface area (Å²) >= 11 is 0. The van der Waals surface area contributed by atoms with Gasteiger partial charge in [-0.1, -0.05) is 26.0 Å². The van der Waals surface area contributed by atoms with Crippen molar-refractivity contribution in [3.05, 3.63) is 24.3 Å². The molecule has 0 N–H and O–H groups in total. The number of benzene rings is 1. The molecule has 0 aromatic heterocycles. The molecule has 0 radical (unpaired) electrons. The molecule has 0 unspecified atom stereocenters. The van der Waals surface area contributed by atoms with Gasteiger partial charge in [0.25, 0.3) is 0 Å². The van der Waals surface area contributed by atoms with Crippen LogP contribution in [0.5, 0.6) is 0 Å². The number of anilines is 1. The second-order valence-corrected chi connectivity index (χ2v) is 5.26. The van der Waals surface area contributed by atoms with E-state index < -0.39 is 10.1 Å². The predicted octanol–water partition coefficient (Wildman–Crippen LogP) is -0.779. The zero-order chi connectivity index (χ0) is 12.9. The summed E-state index contributed by atoms with van der Waals surface area (Å²) < 4.78 is 33.6. The molecule has 0 aliphatic rings. The molecular formula is C12H18NNaO3S. The summed E-state index contributed by atoms with van der Waals surface area (Å²) in [6, 6.07) is 6.39. The van der Waals surface area contributed by atoms with Crippen molar-refractivity contribution in [3.63, 3.8) is 0 Å². The molecule has 18 heavy (non-hydrogen) atoms. The van der Waals surface area contributed by atoms with Gasteiger partial charge >= 0.3 is 29.6 Å². The quantitative estimate of drug-likeness (QED) is 0.506. The molecule has 0 heterocycles. The molecule has 6 heteroatoms. The Labute approximate surface area is 131 Å². The first-order chi connectivity index (χ1) is 8.00. The van der Waals surface area contributed by atoms with Crippen LogP contribution in [0.25, 0.3) is 0 Å². The minimum atomic E-state index is -4.41. The van der Waals surface area contributed by atoms with Crippen molar-refractivity contribution in [2.24, 2.45) is 0 Å². The summed E-state index contributed by atoms with van der Waals surface area (Å²) in [5.41, 5.74) is 0.520. The molecule has 4 nitrogen and oxygen atoms in total. The topological polar surface area (TPSA) is 60.4 Å². The number of hydrogen-bond acceptors (Lipinski definition) is 4. The minimum absolute atomic E-state index is 0. The van der Waals surface area contributed by atoms with E-state index in [1.165, 1.54) is 6.07 Å². The van der Waals surface area contributed by atoms with Crippen molar-refractivity contribution >= 4 is 15.8 Å². The van der Waals surface area contributed by atoms with Crippen LogP contribution in [0.4, 0.5) is 5.69 Å². The molecule has 1 rings (SSSR count). The van der Waals surface area contributed by atoms with E-state index in [-0.39, 0.29) is 34.5 Å². The van der Waals surface area contributed by atoms with Crippen LogP contribution in [0.3, 0.4) is 0 Å². The van der Waals surface area contributed by atoms with E-state index in [1.807, 2.05) is 18.7 Å². The minimum Gasteiger partial charge on any atom is -0.744 e. The van der Waals surface area contributed by atoms with E-state index in [9.17, 15) is 13.0 Å². The van der Waals surface area contributed by atoms with Gasteiger partial charge in [0.1, 0.15) is 10.1 Å². The Morgan fingerprint density at radius 1 is 1.11 bits per heavy atom. The molecule has 0 saturated heterocycles. The summed E-state index contributed by atoms with van der Waals surface area (Å²) in [5.74, 6) is 0. The maximum atomic E-state index is 11.2. The first-order valence-electron chi connectivity index (χ1n) is 5.80. The standard InChI is InChI=1S/C12H19NO3S.Na/c1-3-9-13(10-4-2)11-7-5-6-8-12(11)17(14,15)16;/h5-8H,3-4,9-10H2,1-2H3,(H,14,15,16);/q;+1/p-1. The molecule has 0 aliphatic heterocycles. The Hall–Kier alpha value is -0.0700. The smallest absolute Gasteiger partial charge is 0.744 e. The van der Waals surface area contributed by atoms with Gasteiger partial charge in [0.15, 0.2) is 0 Å². The molecule has 0 atom stereocenters. The third-order valence-corrected chi connectivity index (χ3v) is 3.35. The number of rotatable bonds is 6. The van der Waals surface area contributed by atoms with Crippen LogP contribution in [-0.4, -0.2) is 26.1 Å². The van der Waals surface area contributed by atoms with Crippen LogP contribution in [0.15, 0.2) is 29.2 Å². The van der Waals surface area contributed by atoms with Crippen molar-refractivity contribution in [1.82, 2.24) is 0 Å². The summed E-state index contributed by atoms with van der Waals surface area (Å²) in [6.45, 7) is 5.55. The van der Waals surface area contributed by atoms with Gasteiger partial charge in [-0.2, -0.15) is 0 Å². The Morgan fingerprint density at radius 2 is 1.61 bits per heavy atom. The Morgan fingerprint density at radius 3 is 2.06 bits per heavy atom. The largest absolute Gasteiger partial charge is 1.00 e. The Kier molecular flexibility index (Phi) is 8.14. The van der Waals surface area contributed by atoms with Crippen LogP contribution in [0.1, 0.15) is 26.7 Å². The van der Waals surface area contributed by atoms with E-state index in [0.717, 1.165) is 25.9 Å². The van der Waals surface area contributed by atoms with E-state index in [4.69, 9.17) is 0 Å². The normalized spacial score (nSPS) is 10.8. The fourth-order valence-corrected chi connectivity index (χ4v) is 2.52. The van der Waals surface area contributed by atoms with E-state index in [1.54, 1.807) is 18.2 Å². The predicted molar refractivity (Wildman–Crippen MR) is 67.2 cm³/mol. The third kappa shape index (κ3) is 4.90. The van der Waals surface area contributed by atoms with Gasteiger partial charge in [-0.15, -0.1) is 0 Å². The monoisotopic (exact) mass is 279 g/mol. The maximum absolute atomic E-state index is 11.2. The summed E-state index contributed by atoms with van der Waals surface area (Å²) in [7, 11) is -4.41. The Balaban J connectivity index is 0.00000289. The molecule has 0 fully saturated rings. The van der Waals surface area contributed by atoms with Crippen molar-refractivity contribution in [2.75, 3.05) is 18.0 Å².